The van der Waals surface area contributed by atoms with Gasteiger partial charge in [-0.25, -0.2) is 5.43 Å². The molecule has 1 amide bonds. The topological polar surface area (TPSA) is 70.9 Å². The molecule has 5 nitrogen and oxygen atoms in total. The molecule has 2 aromatic carbocycles. The van der Waals surface area contributed by atoms with E-state index < -0.39 is 5.91 Å². The number of hydrogen-bond acceptors (Lipinski definition) is 4. The quantitative estimate of drug-likeness (QED) is 0.519. The molecule has 23 heavy (non-hydrogen) atoms. The molecule has 0 spiro atoms. The van der Waals surface area contributed by atoms with Gasteiger partial charge in [0, 0.05) is 5.02 Å². The summed E-state index contributed by atoms with van der Waals surface area (Å²) in [6.07, 6.45) is 1.46. The van der Waals surface area contributed by atoms with Gasteiger partial charge in [-0.1, -0.05) is 11.6 Å². The highest BCUT2D eigenvalue weighted by Gasteiger charge is 2.05. The SMILES string of the molecule is O=C(COc1ccc(Cl)cc1Br)N/N=C\c1ccc(O)c(Br)c1. The third-order valence-corrected chi connectivity index (χ3v) is 4.12. The fourth-order valence-electron chi connectivity index (χ4n) is 1.55. The average molecular weight is 463 g/mol. The first-order valence-electron chi connectivity index (χ1n) is 6.34. The number of carbonyl (C=O) groups is 1. The van der Waals surface area contributed by atoms with Gasteiger partial charge >= 0.3 is 0 Å². The van der Waals surface area contributed by atoms with E-state index in [9.17, 15) is 9.90 Å². The molecule has 2 aromatic rings. The van der Waals surface area contributed by atoms with Gasteiger partial charge in [0.05, 0.1) is 15.2 Å². The van der Waals surface area contributed by atoms with Crippen LogP contribution in [0.3, 0.4) is 0 Å². The highest BCUT2D eigenvalue weighted by atomic mass is 79.9. The lowest BCUT2D eigenvalue weighted by atomic mass is 10.2. The van der Waals surface area contributed by atoms with Crippen LogP contribution in [0.1, 0.15) is 5.56 Å². The van der Waals surface area contributed by atoms with Gasteiger partial charge in [-0.3, -0.25) is 4.79 Å². The molecule has 0 radical (unpaired) electrons. The Morgan fingerprint density at radius 2 is 2.04 bits per heavy atom. The molecular formula is C15H11Br2ClN2O3. The van der Waals surface area contributed by atoms with Gasteiger partial charge in [0.2, 0.25) is 0 Å². The van der Waals surface area contributed by atoms with Gasteiger partial charge in [-0.15, -0.1) is 0 Å². The number of nitrogens with zero attached hydrogens (tertiary/aromatic N) is 1. The van der Waals surface area contributed by atoms with E-state index in [1.807, 2.05) is 0 Å². The van der Waals surface area contributed by atoms with Crippen molar-refractivity contribution in [2.75, 3.05) is 6.61 Å². The third kappa shape index (κ3) is 5.53. The van der Waals surface area contributed by atoms with Gasteiger partial charge in [-0.2, -0.15) is 5.10 Å². The molecule has 0 unspecified atom stereocenters. The minimum absolute atomic E-state index is 0.133. The highest BCUT2D eigenvalue weighted by Crippen LogP contribution is 2.27. The van der Waals surface area contributed by atoms with Crippen LogP contribution in [0, 0.1) is 0 Å². The Kier molecular flexibility index (Phi) is 6.44. The maximum Gasteiger partial charge on any atom is 0.277 e. The van der Waals surface area contributed by atoms with Crippen molar-refractivity contribution in [3.05, 3.63) is 55.9 Å². The second-order valence-corrected chi connectivity index (χ2v) is 6.51. The summed E-state index contributed by atoms with van der Waals surface area (Å²) in [6.45, 7) is -0.184. The molecule has 0 aliphatic rings. The smallest absolute Gasteiger partial charge is 0.277 e. The Bertz CT molecular complexity index is 753. The number of amides is 1. The van der Waals surface area contributed by atoms with E-state index in [0.29, 0.717) is 19.7 Å². The molecule has 0 saturated heterocycles. The van der Waals surface area contributed by atoms with Crippen molar-refractivity contribution in [2.24, 2.45) is 5.10 Å². The number of carbonyl (C=O) groups excluding carboxylic acids is 1. The number of benzene rings is 2. The van der Waals surface area contributed by atoms with Crippen LogP contribution in [0.15, 0.2) is 50.4 Å². The van der Waals surface area contributed by atoms with Gasteiger partial charge in [0.15, 0.2) is 6.61 Å². The second kappa shape index (κ2) is 8.33. The van der Waals surface area contributed by atoms with Crippen LogP contribution in [0.4, 0.5) is 0 Å². The number of phenolic OH excluding ortho intramolecular Hbond substituents is 1. The number of halogens is 3. The normalized spacial score (nSPS) is 10.7. The van der Waals surface area contributed by atoms with Crippen molar-refractivity contribution in [1.29, 1.82) is 0 Å². The summed E-state index contributed by atoms with van der Waals surface area (Å²) in [5.41, 5.74) is 3.07. The Morgan fingerprint density at radius 1 is 1.26 bits per heavy atom. The molecule has 0 saturated carbocycles. The lowest BCUT2D eigenvalue weighted by molar-refractivity contribution is -0.123. The Balaban J connectivity index is 1.85. The summed E-state index contributed by atoms with van der Waals surface area (Å²) in [6, 6.07) is 9.87. The summed E-state index contributed by atoms with van der Waals surface area (Å²) >= 11 is 12.3. The van der Waals surface area contributed by atoms with Gasteiger partial charge in [-0.05, 0) is 73.8 Å². The first kappa shape index (κ1) is 17.8. The highest BCUT2D eigenvalue weighted by molar-refractivity contribution is 9.10. The maximum absolute atomic E-state index is 11.7. The van der Waals surface area contributed by atoms with E-state index >= 15 is 0 Å². The van der Waals surface area contributed by atoms with Crippen LogP contribution < -0.4 is 10.2 Å². The van der Waals surface area contributed by atoms with Crippen molar-refractivity contribution in [2.45, 2.75) is 0 Å². The third-order valence-electron chi connectivity index (χ3n) is 2.63. The van der Waals surface area contributed by atoms with E-state index in [0.717, 1.165) is 5.56 Å². The maximum atomic E-state index is 11.7. The molecule has 2 rings (SSSR count). The fourth-order valence-corrected chi connectivity index (χ4v) is 2.74. The predicted molar refractivity (Wildman–Crippen MR) is 96.2 cm³/mol. The zero-order valence-corrected chi connectivity index (χ0v) is 15.5. The summed E-state index contributed by atoms with van der Waals surface area (Å²) < 4.78 is 6.57. The minimum Gasteiger partial charge on any atom is -0.507 e. The van der Waals surface area contributed by atoms with Crippen molar-refractivity contribution in [3.8, 4) is 11.5 Å². The largest absolute Gasteiger partial charge is 0.507 e. The van der Waals surface area contributed by atoms with Crippen LogP contribution in [-0.4, -0.2) is 23.8 Å². The Hall–Kier alpha value is -1.57. The molecule has 2 N–H and O–H groups in total. The number of nitrogens with one attached hydrogen (secondary N) is 1. The van der Waals surface area contributed by atoms with E-state index in [-0.39, 0.29) is 12.4 Å². The Morgan fingerprint density at radius 3 is 2.74 bits per heavy atom. The zero-order chi connectivity index (χ0) is 16.8. The zero-order valence-electron chi connectivity index (χ0n) is 11.6. The number of aromatic hydroxyl groups is 1. The number of rotatable bonds is 5. The summed E-state index contributed by atoms with van der Waals surface area (Å²) in [7, 11) is 0. The molecular weight excluding hydrogens is 451 g/mol. The van der Waals surface area contributed by atoms with Crippen LogP contribution in [0.5, 0.6) is 11.5 Å². The molecule has 0 atom stereocenters. The summed E-state index contributed by atoms with van der Waals surface area (Å²) in [4.78, 5) is 11.7. The van der Waals surface area contributed by atoms with Crippen LogP contribution in [-0.2, 0) is 4.79 Å². The van der Waals surface area contributed by atoms with Crippen LogP contribution >= 0.6 is 43.5 Å². The van der Waals surface area contributed by atoms with Gasteiger partial charge < -0.3 is 9.84 Å². The van der Waals surface area contributed by atoms with Gasteiger partial charge in [0.25, 0.3) is 5.91 Å². The van der Waals surface area contributed by atoms with Crippen molar-refractivity contribution >= 4 is 55.6 Å². The predicted octanol–water partition coefficient (Wildman–Crippen LogP) is 4.10. The fraction of sp³-hybridized carbons (Fsp3) is 0.0667. The number of phenols is 1. The van der Waals surface area contributed by atoms with Crippen molar-refractivity contribution < 1.29 is 14.6 Å². The molecule has 0 aliphatic carbocycles. The number of hydrogen-bond donors (Lipinski definition) is 2. The van der Waals surface area contributed by atoms with Crippen LogP contribution in [0.25, 0.3) is 0 Å². The summed E-state index contributed by atoms with van der Waals surface area (Å²) in [5.74, 6) is 0.241. The lowest BCUT2D eigenvalue weighted by Crippen LogP contribution is -2.24. The standard InChI is InChI=1S/C15H11Br2ClN2O3/c16-11-5-9(1-3-13(11)21)7-19-20-15(22)8-23-14-4-2-10(18)6-12(14)17/h1-7,21H,8H2,(H,20,22)/b19-7-. The molecule has 0 aromatic heterocycles. The first-order chi connectivity index (χ1) is 11.0. The molecule has 8 heteroatoms. The van der Waals surface area contributed by atoms with E-state index in [2.05, 4.69) is 42.4 Å². The second-order valence-electron chi connectivity index (χ2n) is 4.37. The molecule has 0 heterocycles. The average Bonchev–Trinajstić information content (AvgIpc) is 2.50. The molecule has 0 bridgehead atoms. The molecule has 120 valence electrons. The first-order valence-corrected chi connectivity index (χ1v) is 8.30. The summed E-state index contributed by atoms with van der Waals surface area (Å²) in [5, 5.41) is 13.8. The van der Waals surface area contributed by atoms with E-state index in [1.165, 1.54) is 12.3 Å². The van der Waals surface area contributed by atoms with Crippen LogP contribution in [0.2, 0.25) is 5.02 Å². The number of ether oxygens (including phenoxy) is 1. The van der Waals surface area contributed by atoms with Gasteiger partial charge in [0.1, 0.15) is 11.5 Å². The van der Waals surface area contributed by atoms with Crippen molar-refractivity contribution in [1.82, 2.24) is 5.43 Å². The lowest BCUT2D eigenvalue weighted by Gasteiger charge is -2.07. The van der Waals surface area contributed by atoms with E-state index in [4.69, 9.17) is 16.3 Å². The van der Waals surface area contributed by atoms with E-state index in [1.54, 1.807) is 30.3 Å². The molecule has 0 aliphatic heterocycles. The van der Waals surface area contributed by atoms with Crippen molar-refractivity contribution in [3.63, 3.8) is 0 Å². The monoisotopic (exact) mass is 460 g/mol. The minimum atomic E-state index is -0.402. The Labute approximate surface area is 154 Å². The number of hydrazone groups is 1. The molecule has 0 fully saturated rings.